The van der Waals surface area contributed by atoms with Crippen LogP contribution in [0.25, 0.3) is 5.70 Å². The number of nitrogens with zero attached hydrogens (tertiary/aromatic N) is 2. The minimum Gasteiger partial charge on any atom is -0.397 e. The maximum absolute atomic E-state index is 12.2. The largest absolute Gasteiger partial charge is 0.397 e. The lowest BCUT2D eigenvalue weighted by Crippen LogP contribution is -2.43. The molecule has 7 N–H and O–H groups in total. The fraction of sp³-hybridized carbons (Fsp3) is 0.333. The van der Waals surface area contributed by atoms with E-state index in [1.54, 1.807) is 12.1 Å². The first-order valence-electron chi connectivity index (χ1n) is 10.8. The molecule has 2 aromatic rings. The molecule has 1 amide bonds. The van der Waals surface area contributed by atoms with Crippen LogP contribution in [0, 0.1) is 6.92 Å². The second-order valence-electron chi connectivity index (χ2n) is 8.02. The van der Waals surface area contributed by atoms with Gasteiger partial charge in [-0.3, -0.25) is 4.79 Å². The molecule has 32 heavy (non-hydrogen) atoms. The Hall–Kier alpha value is -3.36. The summed E-state index contributed by atoms with van der Waals surface area (Å²) in [6.45, 7) is 5.39. The van der Waals surface area contributed by atoms with Crippen molar-refractivity contribution in [3.63, 3.8) is 0 Å². The zero-order valence-electron chi connectivity index (χ0n) is 18.6. The van der Waals surface area contributed by atoms with E-state index < -0.39 is 6.23 Å². The zero-order valence-corrected chi connectivity index (χ0v) is 18.6. The molecule has 2 atom stereocenters. The fourth-order valence-corrected chi connectivity index (χ4v) is 3.35. The van der Waals surface area contributed by atoms with Gasteiger partial charge in [-0.1, -0.05) is 35.9 Å². The highest BCUT2D eigenvalue weighted by Crippen LogP contribution is 2.21. The molecule has 0 radical (unpaired) electrons. The van der Waals surface area contributed by atoms with Crippen LogP contribution in [0.5, 0.6) is 0 Å². The van der Waals surface area contributed by atoms with Gasteiger partial charge in [-0.25, -0.2) is 4.99 Å². The summed E-state index contributed by atoms with van der Waals surface area (Å²) >= 11 is 0. The summed E-state index contributed by atoms with van der Waals surface area (Å²) < 4.78 is 0. The minimum absolute atomic E-state index is 0.0386. The lowest BCUT2D eigenvalue weighted by atomic mass is 10.1. The maximum atomic E-state index is 12.2. The number of hydrogen-bond donors (Lipinski definition) is 5. The van der Waals surface area contributed by atoms with Gasteiger partial charge in [0.05, 0.1) is 23.4 Å². The number of nitrogen functional groups attached to an aromatic ring is 2. The molecule has 3 rings (SSSR count). The Labute approximate surface area is 189 Å². The summed E-state index contributed by atoms with van der Waals surface area (Å²) in [5.41, 5.74) is 16.6. The van der Waals surface area contributed by atoms with E-state index in [1.807, 2.05) is 43.3 Å². The number of aliphatic hydroxyl groups excluding tert-OH is 1. The van der Waals surface area contributed by atoms with Crippen LogP contribution < -0.4 is 22.1 Å². The topological polar surface area (TPSA) is 129 Å². The van der Waals surface area contributed by atoms with Gasteiger partial charge >= 0.3 is 0 Å². The van der Waals surface area contributed by atoms with Gasteiger partial charge in [-0.2, -0.15) is 0 Å². The molecule has 0 aromatic heterocycles. The third-order valence-electron chi connectivity index (χ3n) is 5.40. The standard InChI is InChI=1S/C24H32N6O2/c1-16-4-6-18(7-5-16)22-13-24(32)30(15-29-22)14-23(31)28-11-3-10-27-17(2)19-8-9-20(25)21(26)12-19/h4-9,12-13,15,17,24,27,32H,3,10-11,14,25-26H2,1-2H3,(H,28,31). The first-order chi connectivity index (χ1) is 15.3. The van der Waals surface area contributed by atoms with Crippen LogP contribution in [0.15, 0.2) is 53.5 Å². The van der Waals surface area contributed by atoms with Crippen molar-refractivity contribution in [3.8, 4) is 0 Å². The molecule has 1 aliphatic rings. The Morgan fingerprint density at radius 2 is 1.91 bits per heavy atom. The third-order valence-corrected chi connectivity index (χ3v) is 5.40. The Morgan fingerprint density at radius 1 is 1.16 bits per heavy atom. The van der Waals surface area contributed by atoms with E-state index in [-0.39, 0.29) is 18.5 Å². The number of carbonyl (C=O) groups is 1. The number of hydrogen-bond acceptors (Lipinski definition) is 7. The summed E-state index contributed by atoms with van der Waals surface area (Å²) in [6, 6.07) is 13.7. The second-order valence-corrected chi connectivity index (χ2v) is 8.02. The van der Waals surface area contributed by atoms with Crippen LogP contribution >= 0.6 is 0 Å². The van der Waals surface area contributed by atoms with E-state index in [2.05, 4.69) is 22.5 Å². The van der Waals surface area contributed by atoms with Crippen molar-refractivity contribution in [2.45, 2.75) is 32.5 Å². The van der Waals surface area contributed by atoms with Crippen molar-refractivity contribution in [1.82, 2.24) is 15.5 Å². The van der Waals surface area contributed by atoms with Gasteiger partial charge in [-0.05, 0) is 50.6 Å². The predicted octanol–water partition coefficient (Wildman–Crippen LogP) is 2.02. The monoisotopic (exact) mass is 436 g/mol. The van der Waals surface area contributed by atoms with Gasteiger partial charge in [0, 0.05) is 18.2 Å². The summed E-state index contributed by atoms with van der Waals surface area (Å²) in [4.78, 5) is 18.1. The number of aliphatic hydroxyl groups is 1. The third kappa shape index (κ3) is 6.32. The highest BCUT2D eigenvalue weighted by molar-refractivity contribution is 5.83. The van der Waals surface area contributed by atoms with Crippen LogP contribution in [0.1, 0.15) is 36.1 Å². The van der Waals surface area contributed by atoms with Gasteiger partial charge in [0.15, 0.2) is 0 Å². The van der Waals surface area contributed by atoms with E-state index in [4.69, 9.17) is 11.5 Å². The van der Waals surface area contributed by atoms with Gasteiger partial charge in [0.1, 0.15) is 12.8 Å². The molecule has 0 saturated heterocycles. The summed E-state index contributed by atoms with van der Waals surface area (Å²) in [5, 5.41) is 16.7. The number of nitrogens with two attached hydrogens (primary N) is 2. The number of aliphatic imine (C=N–C) groups is 1. The van der Waals surface area contributed by atoms with Gasteiger partial charge in [0.2, 0.25) is 5.91 Å². The molecule has 0 spiro atoms. The first-order valence-corrected chi connectivity index (χ1v) is 10.8. The molecule has 170 valence electrons. The van der Waals surface area contributed by atoms with Crippen LogP contribution in [-0.2, 0) is 4.79 Å². The molecule has 0 fully saturated rings. The molecule has 2 unspecified atom stereocenters. The number of benzene rings is 2. The minimum atomic E-state index is -0.899. The van der Waals surface area contributed by atoms with Crippen LogP contribution in [-0.4, -0.2) is 48.1 Å². The van der Waals surface area contributed by atoms with Crippen LogP contribution in [0.3, 0.4) is 0 Å². The Morgan fingerprint density at radius 3 is 2.59 bits per heavy atom. The molecule has 0 aliphatic carbocycles. The van der Waals surface area contributed by atoms with Crippen LogP contribution in [0.2, 0.25) is 0 Å². The molecular weight excluding hydrogens is 404 g/mol. The highest BCUT2D eigenvalue weighted by Gasteiger charge is 2.19. The number of aryl methyl sites for hydroxylation is 1. The fourth-order valence-electron chi connectivity index (χ4n) is 3.35. The summed E-state index contributed by atoms with van der Waals surface area (Å²) in [6.07, 6.45) is 3.03. The van der Waals surface area contributed by atoms with Crippen molar-refractivity contribution in [2.24, 2.45) is 4.99 Å². The lowest BCUT2D eigenvalue weighted by Gasteiger charge is -2.26. The van der Waals surface area contributed by atoms with Gasteiger partial charge in [0.25, 0.3) is 0 Å². The number of amides is 1. The molecule has 0 bridgehead atoms. The van der Waals surface area contributed by atoms with E-state index in [0.29, 0.717) is 23.6 Å². The smallest absolute Gasteiger partial charge is 0.239 e. The molecule has 0 saturated carbocycles. The van der Waals surface area contributed by atoms with Crippen molar-refractivity contribution in [2.75, 3.05) is 31.1 Å². The first kappa shape index (κ1) is 23.3. The predicted molar refractivity (Wildman–Crippen MR) is 130 cm³/mol. The van der Waals surface area contributed by atoms with Crippen molar-refractivity contribution in [3.05, 3.63) is 65.2 Å². The number of carbonyl (C=O) groups excluding carboxylic acids is 1. The Balaban J connectivity index is 1.36. The van der Waals surface area contributed by atoms with Gasteiger partial charge in [-0.15, -0.1) is 0 Å². The number of anilines is 2. The Kier molecular flexibility index (Phi) is 7.86. The average Bonchev–Trinajstić information content (AvgIpc) is 2.77. The second kappa shape index (κ2) is 10.8. The quantitative estimate of drug-likeness (QED) is 0.302. The molecule has 2 aromatic carbocycles. The van der Waals surface area contributed by atoms with Crippen molar-refractivity contribution < 1.29 is 9.90 Å². The van der Waals surface area contributed by atoms with Crippen molar-refractivity contribution in [1.29, 1.82) is 0 Å². The molecule has 1 aliphatic heterocycles. The highest BCUT2D eigenvalue weighted by atomic mass is 16.3. The molecule has 1 heterocycles. The van der Waals surface area contributed by atoms with E-state index in [0.717, 1.165) is 29.7 Å². The lowest BCUT2D eigenvalue weighted by molar-refractivity contribution is -0.122. The van der Waals surface area contributed by atoms with Gasteiger partial charge < -0.3 is 32.1 Å². The molecule has 8 heteroatoms. The summed E-state index contributed by atoms with van der Waals surface area (Å²) in [7, 11) is 0. The van der Waals surface area contributed by atoms with E-state index >= 15 is 0 Å². The summed E-state index contributed by atoms with van der Waals surface area (Å²) in [5.74, 6) is -0.165. The Bertz CT molecular complexity index is 986. The number of nitrogens with one attached hydrogen (secondary N) is 2. The average molecular weight is 437 g/mol. The SMILES string of the molecule is Cc1ccc(C2=CC(O)N(CC(=O)NCCCNC(C)c3ccc(N)c(N)c3)C=N2)cc1. The van der Waals surface area contributed by atoms with Crippen LogP contribution in [0.4, 0.5) is 11.4 Å². The molecule has 8 nitrogen and oxygen atoms in total. The molecular formula is C24H32N6O2. The zero-order chi connectivity index (χ0) is 23.1. The van der Waals surface area contributed by atoms with Crippen molar-refractivity contribution >= 4 is 29.3 Å². The van der Waals surface area contributed by atoms with E-state index in [1.165, 1.54) is 11.2 Å². The maximum Gasteiger partial charge on any atom is 0.239 e. The normalized spacial score (nSPS) is 16.5. The van der Waals surface area contributed by atoms with E-state index in [9.17, 15) is 9.90 Å². The number of rotatable bonds is 9.